The molecular weight excluding hydrogens is 561 g/mol. The van der Waals surface area contributed by atoms with Gasteiger partial charge in [-0.15, -0.1) is 0 Å². The summed E-state index contributed by atoms with van der Waals surface area (Å²) < 4.78 is 49.0. The Morgan fingerprint density at radius 1 is 1.05 bits per heavy atom. The van der Waals surface area contributed by atoms with Gasteiger partial charge in [0.1, 0.15) is 24.5 Å². The zero-order valence-electron chi connectivity index (χ0n) is 23.2. The maximum atomic E-state index is 14.3. The number of aliphatic hydroxyl groups is 1. The first kappa shape index (κ1) is 31.0. The fraction of sp³-hybridized carbons (Fsp3) is 0.219. The Balaban J connectivity index is 1.65. The molecule has 0 fully saturated rings. The van der Waals surface area contributed by atoms with Crippen LogP contribution in [0.5, 0.6) is 5.75 Å². The Morgan fingerprint density at radius 3 is 2.49 bits per heavy atom. The van der Waals surface area contributed by atoms with E-state index in [1.165, 1.54) is 24.5 Å². The first-order valence-corrected chi connectivity index (χ1v) is 13.3. The number of aromatic nitrogens is 1. The van der Waals surface area contributed by atoms with Crippen LogP contribution in [0.25, 0.3) is 11.1 Å². The number of nitriles is 1. The highest BCUT2D eigenvalue weighted by Gasteiger charge is 2.36. The van der Waals surface area contributed by atoms with Gasteiger partial charge in [0.05, 0.1) is 17.7 Å². The van der Waals surface area contributed by atoms with Gasteiger partial charge < -0.3 is 20.3 Å². The number of benzene rings is 3. The van der Waals surface area contributed by atoms with E-state index >= 15 is 0 Å². The molecule has 43 heavy (non-hydrogen) atoms. The Kier molecular flexibility index (Phi) is 9.98. The molecule has 1 heterocycles. The summed E-state index contributed by atoms with van der Waals surface area (Å²) in [5, 5.41) is 33.7. The molecule has 0 aliphatic carbocycles. The fourth-order valence-corrected chi connectivity index (χ4v) is 4.59. The van der Waals surface area contributed by atoms with E-state index in [-0.39, 0.29) is 30.8 Å². The SMILES string of the molecule is Cc1cc(CNC(CO)C(=O)O)c(OCc2cncc(C#N)c2)cc1NCc1cccc(-c2ccccc2)c1C(F)(F)F. The molecule has 8 nitrogen and oxygen atoms in total. The Bertz CT molecular complexity index is 1620. The number of carbonyl (C=O) groups is 1. The number of aryl methyl sites for hydroxylation is 1. The maximum Gasteiger partial charge on any atom is 0.417 e. The average Bonchev–Trinajstić information content (AvgIpc) is 3.00. The van der Waals surface area contributed by atoms with E-state index in [4.69, 9.17) is 10.00 Å². The van der Waals surface area contributed by atoms with Crippen molar-refractivity contribution in [3.63, 3.8) is 0 Å². The van der Waals surface area contributed by atoms with Crippen LogP contribution in [0.15, 0.2) is 79.1 Å². The molecule has 4 rings (SSSR count). The van der Waals surface area contributed by atoms with Crippen molar-refractivity contribution in [3.8, 4) is 22.9 Å². The summed E-state index contributed by atoms with van der Waals surface area (Å²) in [4.78, 5) is 15.4. The maximum absolute atomic E-state index is 14.3. The number of alkyl halides is 3. The van der Waals surface area contributed by atoms with Gasteiger partial charge in [0.2, 0.25) is 0 Å². The number of carboxylic acid groups (broad SMARTS) is 1. The van der Waals surface area contributed by atoms with Crippen molar-refractivity contribution in [1.82, 2.24) is 10.3 Å². The normalized spacial score (nSPS) is 11.9. The van der Waals surface area contributed by atoms with Crippen molar-refractivity contribution in [3.05, 3.63) is 113 Å². The molecule has 3 aromatic carbocycles. The third kappa shape index (κ3) is 7.88. The zero-order valence-corrected chi connectivity index (χ0v) is 23.2. The van der Waals surface area contributed by atoms with Gasteiger partial charge in [0, 0.05) is 48.4 Å². The number of hydrogen-bond donors (Lipinski definition) is 4. The predicted molar refractivity (Wildman–Crippen MR) is 154 cm³/mol. The lowest BCUT2D eigenvalue weighted by Gasteiger charge is -2.21. The van der Waals surface area contributed by atoms with E-state index in [0.717, 1.165) is 0 Å². The van der Waals surface area contributed by atoms with Crippen molar-refractivity contribution in [1.29, 1.82) is 5.26 Å². The smallest absolute Gasteiger partial charge is 0.417 e. The Labute approximate surface area is 246 Å². The van der Waals surface area contributed by atoms with Gasteiger partial charge in [-0.25, -0.2) is 0 Å². The van der Waals surface area contributed by atoms with E-state index < -0.39 is 30.4 Å². The molecule has 1 aromatic heterocycles. The van der Waals surface area contributed by atoms with Gasteiger partial charge in [0.15, 0.2) is 0 Å². The second kappa shape index (κ2) is 13.8. The van der Waals surface area contributed by atoms with Crippen LogP contribution in [0.3, 0.4) is 0 Å². The molecule has 1 atom stereocenters. The molecule has 222 valence electrons. The zero-order chi connectivity index (χ0) is 31.0. The van der Waals surface area contributed by atoms with Crippen LogP contribution in [0.1, 0.15) is 33.4 Å². The molecule has 0 radical (unpaired) electrons. The number of nitrogens with zero attached hydrogens (tertiary/aromatic N) is 2. The predicted octanol–water partition coefficient (Wildman–Crippen LogP) is 5.67. The van der Waals surface area contributed by atoms with E-state index in [1.807, 2.05) is 6.07 Å². The van der Waals surface area contributed by atoms with Gasteiger partial charge in [-0.2, -0.15) is 18.4 Å². The number of hydrogen-bond acceptors (Lipinski definition) is 7. The molecular formula is C32H29F3N4O4. The first-order chi connectivity index (χ1) is 20.6. The first-order valence-electron chi connectivity index (χ1n) is 13.3. The largest absolute Gasteiger partial charge is 0.488 e. The number of ether oxygens (including phenoxy) is 1. The van der Waals surface area contributed by atoms with E-state index in [2.05, 4.69) is 15.6 Å². The Hall–Kier alpha value is -4.92. The van der Waals surface area contributed by atoms with Gasteiger partial charge in [0.25, 0.3) is 0 Å². The van der Waals surface area contributed by atoms with Crippen molar-refractivity contribution in [2.75, 3.05) is 11.9 Å². The average molecular weight is 591 g/mol. The van der Waals surface area contributed by atoms with Crippen molar-refractivity contribution < 1.29 is 32.9 Å². The minimum absolute atomic E-state index is 0.0255. The number of halogens is 3. The quantitative estimate of drug-likeness (QED) is 0.166. The second-order valence-corrected chi connectivity index (χ2v) is 9.77. The van der Waals surface area contributed by atoms with Crippen molar-refractivity contribution >= 4 is 11.7 Å². The molecule has 4 N–H and O–H groups in total. The summed E-state index contributed by atoms with van der Waals surface area (Å²) in [6.45, 7) is 1.06. The van der Waals surface area contributed by atoms with E-state index in [1.54, 1.807) is 61.5 Å². The van der Waals surface area contributed by atoms with Gasteiger partial charge in [-0.1, -0.05) is 48.5 Å². The molecule has 0 amide bonds. The third-order valence-corrected chi connectivity index (χ3v) is 6.73. The van der Waals surface area contributed by atoms with Crippen molar-refractivity contribution in [2.45, 2.75) is 38.8 Å². The molecule has 4 aromatic rings. The van der Waals surface area contributed by atoms with E-state index in [9.17, 15) is 28.2 Å². The summed E-state index contributed by atoms with van der Waals surface area (Å²) in [5.74, 6) is -0.892. The highest BCUT2D eigenvalue weighted by atomic mass is 19.4. The van der Waals surface area contributed by atoms with Crippen LogP contribution in [0, 0.1) is 18.3 Å². The number of carboxylic acids is 1. The highest BCUT2D eigenvalue weighted by molar-refractivity contribution is 5.73. The summed E-state index contributed by atoms with van der Waals surface area (Å²) in [6.07, 6.45) is -1.64. The monoisotopic (exact) mass is 590 g/mol. The van der Waals surface area contributed by atoms with Crippen LogP contribution in [0.4, 0.5) is 18.9 Å². The summed E-state index contributed by atoms with van der Waals surface area (Å²) >= 11 is 0. The molecule has 0 bridgehead atoms. The lowest BCUT2D eigenvalue weighted by molar-refractivity contribution is -0.140. The molecule has 0 saturated carbocycles. The lowest BCUT2D eigenvalue weighted by Crippen LogP contribution is -2.39. The third-order valence-electron chi connectivity index (χ3n) is 6.73. The molecule has 0 saturated heterocycles. The lowest BCUT2D eigenvalue weighted by atomic mass is 9.94. The minimum atomic E-state index is -4.60. The number of aliphatic carboxylic acids is 1. The Morgan fingerprint density at radius 2 is 1.81 bits per heavy atom. The van der Waals surface area contributed by atoms with Crippen LogP contribution in [-0.2, 0) is 30.7 Å². The van der Waals surface area contributed by atoms with Crippen LogP contribution >= 0.6 is 0 Å². The number of anilines is 1. The minimum Gasteiger partial charge on any atom is -0.488 e. The molecule has 0 aliphatic heterocycles. The summed E-state index contributed by atoms with van der Waals surface area (Å²) in [6, 6.07) is 18.6. The van der Waals surface area contributed by atoms with E-state index in [0.29, 0.717) is 39.3 Å². The van der Waals surface area contributed by atoms with Crippen LogP contribution < -0.4 is 15.4 Å². The van der Waals surface area contributed by atoms with Crippen molar-refractivity contribution in [2.24, 2.45) is 0 Å². The summed E-state index contributed by atoms with van der Waals surface area (Å²) in [5.41, 5.74) is 2.59. The standard InChI is InChI=1S/C32H29F3N4O4/c1-20-10-25(17-39-28(18-40)31(41)42)29(43-19-22-11-21(13-36)14-37-15-22)12-27(20)38-16-24-8-5-9-26(30(24)32(33,34)35)23-6-3-2-4-7-23/h2-12,14-15,28,38-40H,16-19H2,1H3,(H,41,42). The second-order valence-electron chi connectivity index (χ2n) is 9.77. The topological polar surface area (TPSA) is 128 Å². The molecule has 0 spiro atoms. The number of rotatable bonds is 12. The molecule has 0 aliphatic rings. The van der Waals surface area contributed by atoms with Crippen LogP contribution in [-0.4, -0.2) is 33.8 Å². The van der Waals surface area contributed by atoms with Gasteiger partial charge in [-0.05, 0) is 41.3 Å². The summed E-state index contributed by atoms with van der Waals surface area (Å²) in [7, 11) is 0. The highest BCUT2D eigenvalue weighted by Crippen LogP contribution is 2.40. The number of aliphatic hydroxyl groups excluding tert-OH is 1. The van der Waals surface area contributed by atoms with Gasteiger partial charge >= 0.3 is 12.1 Å². The molecule has 11 heteroatoms. The van der Waals surface area contributed by atoms with Gasteiger partial charge in [-0.3, -0.25) is 15.1 Å². The molecule has 1 unspecified atom stereocenters. The fourth-order valence-electron chi connectivity index (χ4n) is 4.59. The number of pyridine rings is 1. The van der Waals surface area contributed by atoms with Crippen LogP contribution in [0.2, 0.25) is 0 Å². The number of nitrogens with one attached hydrogen (secondary N) is 2.